The first-order valence-electron chi connectivity index (χ1n) is 9.81. The van der Waals surface area contributed by atoms with Crippen LogP contribution >= 0.6 is 0 Å². The molecule has 4 rings (SSSR count). The molecule has 1 fully saturated rings. The first-order valence-corrected chi connectivity index (χ1v) is 9.81. The van der Waals surface area contributed by atoms with Crippen molar-refractivity contribution < 1.29 is 14.4 Å². The van der Waals surface area contributed by atoms with Crippen molar-refractivity contribution in [1.82, 2.24) is 9.88 Å². The first kappa shape index (κ1) is 19.5. The number of anilines is 1. The molecule has 2 aromatic carbocycles. The maximum Gasteiger partial charge on any atom is 0.259 e. The summed E-state index contributed by atoms with van der Waals surface area (Å²) in [6.07, 6.45) is 2.20. The molecule has 1 saturated heterocycles. The summed E-state index contributed by atoms with van der Waals surface area (Å²) < 4.78 is 0. The molecule has 30 heavy (non-hydrogen) atoms. The highest BCUT2D eigenvalue weighted by molar-refractivity contribution is 6.05. The quantitative estimate of drug-likeness (QED) is 0.594. The van der Waals surface area contributed by atoms with Crippen LogP contribution in [0.5, 0.6) is 0 Å². The average Bonchev–Trinajstić information content (AvgIpc) is 3.11. The molecule has 2 heterocycles. The van der Waals surface area contributed by atoms with Crippen LogP contribution in [-0.4, -0.2) is 27.6 Å². The van der Waals surface area contributed by atoms with Gasteiger partial charge in [-0.15, -0.1) is 0 Å². The lowest BCUT2D eigenvalue weighted by atomic mass is 10.1. The second kappa shape index (κ2) is 8.69. The van der Waals surface area contributed by atoms with E-state index in [1.165, 1.54) is 4.90 Å². The Kier molecular flexibility index (Phi) is 5.66. The highest BCUT2D eigenvalue weighted by Gasteiger charge is 2.28. The summed E-state index contributed by atoms with van der Waals surface area (Å²) in [7, 11) is 0. The van der Waals surface area contributed by atoms with Gasteiger partial charge >= 0.3 is 0 Å². The van der Waals surface area contributed by atoms with Crippen LogP contribution in [0.3, 0.4) is 0 Å². The van der Waals surface area contributed by atoms with Crippen molar-refractivity contribution >= 4 is 23.5 Å². The molecule has 0 spiro atoms. The van der Waals surface area contributed by atoms with Crippen molar-refractivity contribution in [3.05, 3.63) is 95.7 Å². The van der Waals surface area contributed by atoms with Gasteiger partial charge in [-0.1, -0.05) is 48.5 Å². The average molecular weight is 399 g/mol. The van der Waals surface area contributed by atoms with Gasteiger partial charge in [0.25, 0.3) is 5.91 Å². The number of hydrogen-bond acceptors (Lipinski definition) is 4. The van der Waals surface area contributed by atoms with Crippen molar-refractivity contribution in [2.75, 3.05) is 4.90 Å². The van der Waals surface area contributed by atoms with E-state index >= 15 is 0 Å². The van der Waals surface area contributed by atoms with Crippen LogP contribution in [-0.2, 0) is 22.7 Å². The van der Waals surface area contributed by atoms with E-state index in [2.05, 4.69) is 4.98 Å². The zero-order chi connectivity index (χ0) is 20.9. The normalized spacial score (nSPS) is 13.5. The Labute approximate surface area is 174 Å². The standard InChI is InChI=1S/C24H21N3O3/c28-22-13-14-23(29)27(22)17-19-9-11-20(12-10-19)24(30)26(21-8-4-5-15-25-21)16-18-6-2-1-3-7-18/h1-12,15H,13-14,16-17H2. The number of benzene rings is 2. The van der Waals surface area contributed by atoms with Crippen LogP contribution in [0.1, 0.15) is 34.3 Å². The molecule has 0 unspecified atom stereocenters. The third kappa shape index (κ3) is 4.27. The summed E-state index contributed by atoms with van der Waals surface area (Å²) in [5.41, 5.74) is 2.32. The maximum atomic E-state index is 13.3. The Hall–Kier alpha value is -3.80. The van der Waals surface area contributed by atoms with E-state index in [4.69, 9.17) is 0 Å². The summed E-state index contributed by atoms with van der Waals surface area (Å²) in [6, 6.07) is 22.2. The largest absolute Gasteiger partial charge is 0.288 e. The van der Waals surface area contributed by atoms with Gasteiger partial charge in [0.2, 0.25) is 11.8 Å². The van der Waals surface area contributed by atoms with Gasteiger partial charge in [-0.2, -0.15) is 0 Å². The van der Waals surface area contributed by atoms with Crippen LogP contribution in [0.2, 0.25) is 0 Å². The molecule has 6 heteroatoms. The van der Waals surface area contributed by atoms with Crippen LogP contribution in [0.4, 0.5) is 5.82 Å². The molecule has 3 aromatic rings. The van der Waals surface area contributed by atoms with Crippen molar-refractivity contribution in [2.24, 2.45) is 0 Å². The number of nitrogens with zero attached hydrogens (tertiary/aromatic N) is 3. The van der Waals surface area contributed by atoms with Gasteiger partial charge in [0.1, 0.15) is 5.82 Å². The third-order valence-corrected chi connectivity index (χ3v) is 5.05. The molecule has 0 N–H and O–H groups in total. The fourth-order valence-electron chi connectivity index (χ4n) is 3.43. The lowest BCUT2D eigenvalue weighted by Crippen LogP contribution is -2.31. The number of likely N-dealkylation sites (tertiary alicyclic amines) is 1. The number of imide groups is 1. The lowest BCUT2D eigenvalue weighted by molar-refractivity contribution is -0.139. The number of carbonyl (C=O) groups excluding carboxylic acids is 3. The smallest absolute Gasteiger partial charge is 0.259 e. The first-order chi connectivity index (χ1) is 14.6. The summed E-state index contributed by atoms with van der Waals surface area (Å²) >= 11 is 0. The second-order valence-corrected chi connectivity index (χ2v) is 7.14. The molecule has 0 aliphatic carbocycles. The molecule has 0 saturated carbocycles. The lowest BCUT2D eigenvalue weighted by Gasteiger charge is -2.22. The molecule has 1 aliphatic rings. The number of pyridine rings is 1. The minimum Gasteiger partial charge on any atom is -0.288 e. The van der Waals surface area contributed by atoms with Crippen LogP contribution < -0.4 is 4.90 Å². The topological polar surface area (TPSA) is 70.6 Å². The van der Waals surface area contributed by atoms with Gasteiger partial charge in [0, 0.05) is 24.6 Å². The minimum atomic E-state index is -0.169. The predicted molar refractivity (Wildman–Crippen MR) is 112 cm³/mol. The molecule has 0 radical (unpaired) electrons. The van der Waals surface area contributed by atoms with E-state index in [0.29, 0.717) is 17.9 Å². The van der Waals surface area contributed by atoms with Crippen molar-refractivity contribution in [1.29, 1.82) is 0 Å². The van der Waals surface area contributed by atoms with E-state index < -0.39 is 0 Å². The minimum absolute atomic E-state index is 0.149. The van der Waals surface area contributed by atoms with E-state index in [9.17, 15) is 14.4 Å². The van der Waals surface area contributed by atoms with Gasteiger partial charge in [-0.3, -0.25) is 24.2 Å². The second-order valence-electron chi connectivity index (χ2n) is 7.14. The van der Waals surface area contributed by atoms with Gasteiger partial charge in [-0.05, 0) is 35.4 Å². The van der Waals surface area contributed by atoms with Crippen LogP contribution in [0.25, 0.3) is 0 Å². The number of rotatable bonds is 6. The summed E-state index contributed by atoms with van der Waals surface area (Å²) in [6.45, 7) is 0.634. The van der Waals surface area contributed by atoms with E-state index in [0.717, 1.165) is 11.1 Å². The fourth-order valence-corrected chi connectivity index (χ4v) is 3.43. The Bertz CT molecular complexity index is 1030. The maximum absolute atomic E-state index is 13.3. The Morgan fingerprint density at radius 1 is 0.833 bits per heavy atom. The van der Waals surface area contributed by atoms with E-state index in [1.807, 2.05) is 42.5 Å². The Balaban J connectivity index is 1.55. The fraction of sp³-hybridized carbons (Fsp3) is 0.167. The predicted octanol–water partition coefficient (Wildman–Crippen LogP) is 3.58. The van der Waals surface area contributed by atoms with E-state index in [-0.39, 0.29) is 37.1 Å². The molecule has 1 aliphatic heterocycles. The zero-order valence-corrected chi connectivity index (χ0v) is 16.4. The highest BCUT2D eigenvalue weighted by atomic mass is 16.2. The number of aromatic nitrogens is 1. The van der Waals surface area contributed by atoms with Gasteiger partial charge in [-0.25, -0.2) is 4.98 Å². The SMILES string of the molecule is O=C1CCC(=O)N1Cc1ccc(C(=O)N(Cc2ccccc2)c2ccccn2)cc1. The monoisotopic (exact) mass is 399 g/mol. The van der Waals surface area contributed by atoms with Crippen LogP contribution in [0, 0.1) is 0 Å². The Morgan fingerprint density at radius 2 is 1.50 bits per heavy atom. The molecule has 1 aromatic heterocycles. The van der Waals surface area contributed by atoms with Gasteiger partial charge in [0.15, 0.2) is 0 Å². The van der Waals surface area contributed by atoms with E-state index in [1.54, 1.807) is 41.4 Å². The number of amides is 3. The van der Waals surface area contributed by atoms with Crippen molar-refractivity contribution in [3.8, 4) is 0 Å². The molecule has 3 amide bonds. The van der Waals surface area contributed by atoms with Crippen molar-refractivity contribution in [3.63, 3.8) is 0 Å². The Morgan fingerprint density at radius 3 is 2.13 bits per heavy atom. The molecule has 0 atom stereocenters. The molecule has 0 bridgehead atoms. The number of carbonyl (C=O) groups is 3. The van der Waals surface area contributed by atoms with Gasteiger partial charge in [0.05, 0.1) is 13.1 Å². The van der Waals surface area contributed by atoms with Gasteiger partial charge < -0.3 is 0 Å². The van der Waals surface area contributed by atoms with Crippen LogP contribution in [0.15, 0.2) is 79.0 Å². The molecule has 6 nitrogen and oxygen atoms in total. The summed E-state index contributed by atoms with van der Waals surface area (Å²) in [4.78, 5) is 44.2. The zero-order valence-electron chi connectivity index (χ0n) is 16.4. The highest BCUT2D eigenvalue weighted by Crippen LogP contribution is 2.20. The third-order valence-electron chi connectivity index (χ3n) is 5.05. The number of hydrogen-bond donors (Lipinski definition) is 0. The summed E-state index contributed by atoms with van der Waals surface area (Å²) in [5.74, 6) is 0.106. The molecular formula is C24H21N3O3. The molecule has 150 valence electrons. The van der Waals surface area contributed by atoms with Crippen molar-refractivity contribution in [2.45, 2.75) is 25.9 Å². The summed E-state index contributed by atoms with van der Waals surface area (Å²) in [5, 5.41) is 0. The molecular weight excluding hydrogens is 378 g/mol.